The van der Waals surface area contributed by atoms with Crippen molar-refractivity contribution in [3.63, 3.8) is 0 Å². The van der Waals surface area contributed by atoms with Gasteiger partial charge < -0.3 is 9.66 Å². The lowest BCUT2D eigenvalue weighted by Crippen LogP contribution is -2.22. The van der Waals surface area contributed by atoms with Gasteiger partial charge in [0.2, 0.25) is 0 Å². The zero-order chi connectivity index (χ0) is 10.7. The van der Waals surface area contributed by atoms with Crippen LogP contribution < -0.4 is 0 Å². The normalized spacial score (nSPS) is 12.9. The van der Waals surface area contributed by atoms with Crippen LogP contribution in [0.25, 0.3) is 0 Å². The molecule has 0 aromatic heterocycles. The third-order valence-electron chi connectivity index (χ3n) is 1.61. The molecule has 1 rings (SSSR count). The zero-order valence-electron chi connectivity index (χ0n) is 7.93. The van der Waals surface area contributed by atoms with Crippen LogP contribution in [-0.4, -0.2) is 34.0 Å². The van der Waals surface area contributed by atoms with E-state index in [2.05, 4.69) is 0 Å². The summed E-state index contributed by atoms with van der Waals surface area (Å²) >= 11 is -1.29. The van der Waals surface area contributed by atoms with Crippen LogP contribution in [0.4, 0.5) is 0 Å². The van der Waals surface area contributed by atoms with Gasteiger partial charge in [0.25, 0.3) is 0 Å². The number of rotatable bonds is 3. The zero-order valence-corrected chi connectivity index (χ0v) is 8.75. The van der Waals surface area contributed by atoms with Gasteiger partial charge in [-0.05, 0) is 12.1 Å². The number of benzene rings is 1. The lowest BCUT2D eigenvalue weighted by molar-refractivity contribution is 0.0696. The Balaban J connectivity index is 2.99. The van der Waals surface area contributed by atoms with Gasteiger partial charge in [0.05, 0.1) is 16.9 Å². The van der Waals surface area contributed by atoms with Crippen molar-refractivity contribution in [2.24, 2.45) is 0 Å². The second-order valence-corrected chi connectivity index (χ2v) is 4.59. The Morgan fingerprint density at radius 3 is 2.64 bits per heavy atom. The third-order valence-corrected chi connectivity index (χ3v) is 2.93. The number of hydrogen-bond acceptors (Lipinski definition) is 3. The van der Waals surface area contributed by atoms with Crippen molar-refractivity contribution in [3.05, 3.63) is 29.8 Å². The molecule has 0 saturated heterocycles. The summed E-state index contributed by atoms with van der Waals surface area (Å²) in [5.74, 6) is -1.01. The molecule has 0 aliphatic heterocycles. The summed E-state index contributed by atoms with van der Waals surface area (Å²) in [7, 11) is 3.34. The van der Waals surface area contributed by atoms with Crippen molar-refractivity contribution in [1.82, 2.24) is 4.31 Å². The summed E-state index contributed by atoms with van der Waals surface area (Å²) in [6.45, 7) is 0. The van der Waals surface area contributed by atoms with Crippen molar-refractivity contribution >= 4 is 17.3 Å². The Labute approximate surface area is 85.5 Å². The monoisotopic (exact) mass is 213 g/mol. The summed E-state index contributed by atoms with van der Waals surface area (Å²) in [4.78, 5) is 11.1. The summed E-state index contributed by atoms with van der Waals surface area (Å²) < 4.78 is 13.1. The highest BCUT2D eigenvalue weighted by Crippen LogP contribution is 2.14. The van der Waals surface area contributed by atoms with E-state index in [-0.39, 0.29) is 5.56 Å². The fourth-order valence-electron chi connectivity index (χ4n) is 0.949. The van der Waals surface area contributed by atoms with E-state index >= 15 is 0 Å². The number of carboxylic acid groups (broad SMARTS) is 1. The minimum atomic E-state index is -1.29. The first-order valence-electron chi connectivity index (χ1n) is 3.95. The van der Waals surface area contributed by atoms with Gasteiger partial charge >= 0.3 is 5.97 Å². The van der Waals surface area contributed by atoms with E-state index in [0.717, 1.165) is 0 Å². The van der Waals surface area contributed by atoms with E-state index in [1.165, 1.54) is 16.4 Å². The predicted molar refractivity (Wildman–Crippen MR) is 53.5 cm³/mol. The van der Waals surface area contributed by atoms with Crippen LogP contribution in [0.15, 0.2) is 29.2 Å². The van der Waals surface area contributed by atoms with E-state index in [1.807, 2.05) is 0 Å². The summed E-state index contributed by atoms with van der Waals surface area (Å²) in [5.41, 5.74) is 0.151. The highest BCUT2D eigenvalue weighted by atomic mass is 32.2. The van der Waals surface area contributed by atoms with Gasteiger partial charge in [0, 0.05) is 20.2 Å². The molecule has 0 aliphatic rings. The Kier molecular flexibility index (Phi) is 3.51. The number of aromatic carboxylic acids is 1. The van der Waals surface area contributed by atoms with Gasteiger partial charge in [-0.25, -0.2) is 4.79 Å². The van der Waals surface area contributed by atoms with Crippen LogP contribution in [0.3, 0.4) is 0 Å². The maximum absolute atomic E-state index is 11.6. The van der Waals surface area contributed by atoms with E-state index in [4.69, 9.17) is 5.11 Å². The molecule has 0 fully saturated rings. The lowest BCUT2D eigenvalue weighted by atomic mass is 10.2. The second-order valence-electron chi connectivity index (χ2n) is 2.89. The average molecular weight is 213 g/mol. The van der Waals surface area contributed by atoms with Gasteiger partial charge in [-0.3, -0.25) is 0 Å². The molecule has 0 bridgehead atoms. The number of carboxylic acids is 1. The fraction of sp³-hybridized carbons (Fsp3) is 0.222. The Bertz CT molecular complexity index is 341. The quantitative estimate of drug-likeness (QED) is 0.760. The molecule has 14 heavy (non-hydrogen) atoms. The Morgan fingerprint density at radius 2 is 2.14 bits per heavy atom. The summed E-state index contributed by atoms with van der Waals surface area (Å²) in [6, 6.07) is 6.11. The maximum Gasteiger partial charge on any atom is 0.335 e. The van der Waals surface area contributed by atoms with Crippen LogP contribution in [-0.2, 0) is 11.4 Å². The molecule has 0 saturated carbocycles. The molecule has 0 radical (unpaired) electrons. The topological polar surface area (TPSA) is 63.6 Å². The molecule has 0 heterocycles. The van der Waals surface area contributed by atoms with E-state index < -0.39 is 17.3 Å². The molecule has 1 aromatic carbocycles. The van der Waals surface area contributed by atoms with Crippen LogP contribution in [0.2, 0.25) is 0 Å². The van der Waals surface area contributed by atoms with Crippen LogP contribution in [0, 0.1) is 0 Å². The molecule has 5 heteroatoms. The Morgan fingerprint density at radius 1 is 1.50 bits per heavy atom. The number of carbonyl (C=O) groups is 1. The van der Waals surface area contributed by atoms with Crippen molar-refractivity contribution < 1.29 is 14.5 Å². The number of nitrogens with zero attached hydrogens (tertiary/aromatic N) is 1. The van der Waals surface area contributed by atoms with Crippen molar-refractivity contribution in [2.75, 3.05) is 14.1 Å². The van der Waals surface area contributed by atoms with E-state index in [1.54, 1.807) is 26.2 Å². The SMILES string of the molecule is CN(C)[S+]([O-])c1cccc(C(=O)O)c1. The molecule has 0 spiro atoms. The molecule has 1 unspecified atom stereocenters. The third kappa shape index (κ3) is 2.47. The van der Waals surface area contributed by atoms with Crippen molar-refractivity contribution in [3.8, 4) is 0 Å². The second kappa shape index (κ2) is 4.45. The summed E-state index contributed by atoms with van der Waals surface area (Å²) in [5, 5.41) is 8.72. The van der Waals surface area contributed by atoms with Gasteiger partial charge in [-0.2, -0.15) is 0 Å². The lowest BCUT2D eigenvalue weighted by Gasteiger charge is -2.15. The molecular formula is C9H11NO3S. The largest absolute Gasteiger partial charge is 0.593 e. The highest BCUT2D eigenvalue weighted by molar-refractivity contribution is 7.89. The Hall–Kier alpha value is -1.04. The molecule has 1 atom stereocenters. The van der Waals surface area contributed by atoms with Gasteiger partial charge in [-0.15, -0.1) is 4.31 Å². The van der Waals surface area contributed by atoms with Crippen LogP contribution in [0.5, 0.6) is 0 Å². The number of hydrogen-bond donors (Lipinski definition) is 1. The van der Waals surface area contributed by atoms with Crippen molar-refractivity contribution in [2.45, 2.75) is 4.90 Å². The molecule has 1 N–H and O–H groups in total. The standard InChI is InChI=1S/C9H11NO3S/c1-10(2)14(13)8-5-3-4-7(6-8)9(11)12/h3-6H,1-2H3,(H,11,12). The minimum absolute atomic E-state index is 0.151. The molecular weight excluding hydrogens is 202 g/mol. The predicted octanol–water partition coefficient (Wildman–Crippen LogP) is 0.969. The van der Waals surface area contributed by atoms with Crippen molar-refractivity contribution in [1.29, 1.82) is 0 Å². The molecule has 76 valence electrons. The maximum atomic E-state index is 11.6. The first-order valence-corrected chi connectivity index (χ1v) is 5.05. The van der Waals surface area contributed by atoms with Gasteiger partial charge in [-0.1, -0.05) is 6.07 Å². The van der Waals surface area contributed by atoms with Crippen LogP contribution >= 0.6 is 0 Å². The smallest absolute Gasteiger partial charge is 0.335 e. The first-order chi connectivity index (χ1) is 6.52. The molecule has 4 nitrogen and oxygen atoms in total. The molecule has 0 aliphatic carbocycles. The molecule has 1 aromatic rings. The first kappa shape index (κ1) is 11.0. The van der Waals surface area contributed by atoms with E-state index in [9.17, 15) is 9.35 Å². The van der Waals surface area contributed by atoms with E-state index in [0.29, 0.717) is 4.90 Å². The van der Waals surface area contributed by atoms with Crippen LogP contribution in [0.1, 0.15) is 10.4 Å². The highest BCUT2D eigenvalue weighted by Gasteiger charge is 2.15. The van der Waals surface area contributed by atoms with Gasteiger partial charge in [0.15, 0.2) is 4.90 Å². The fourth-order valence-corrected chi connectivity index (χ4v) is 1.79. The molecule has 0 amide bonds. The minimum Gasteiger partial charge on any atom is -0.593 e. The van der Waals surface area contributed by atoms with Gasteiger partial charge in [0.1, 0.15) is 0 Å². The summed E-state index contributed by atoms with van der Waals surface area (Å²) in [6.07, 6.45) is 0. The average Bonchev–Trinajstić information content (AvgIpc) is 2.16.